The first kappa shape index (κ1) is 16.3. The zero-order chi connectivity index (χ0) is 17.0. The van der Waals surface area contributed by atoms with Gasteiger partial charge in [-0.2, -0.15) is 0 Å². The van der Waals surface area contributed by atoms with Crippen LogP contribution in [-0.4, -0.2) is 53.2 Å². The molecule has 1 aromatic heterocycles. The minimum atomic E-state index is -0.584. The van der Waals surface area contributed by atoms with Gasteiger partial charge in [-0.3, -0.25) is 4.79 Å². The summed E-state index contributed by atoms with van der Waals surface area (Å²) < 4.78 is 24.3. The molecule has 1 aromatic carbocycles. The number of rotatable bonds is 5. The van der Waals surface area contributed by atoms with Gasteiger partial charge < -0.3 is 14.4 Å². The highest BCUT2D eigenvalue weighted by Gasteiger charge is 2.41. The molecule has 1 aliphatic rings. The Hall–Kier alpha value is -2.54. The summed E-state index contributed by atoms with van der Waals surface area (Å²) in [6.07, 6.45) is 5.04. The number of benzene rings is 1. The van der Waals surface area contributed by atoms with Gasteiger partial charge in [-0.1, -0.05) is 0 Å². The monoisotopic (exact) mass is 331 g/mol. The highest BCUT2D eigenvalue weighted by atomic mass is 19.1. The number of aromatic nitrogens is 2. The van der Waals surface area contributed by atoms with E-state index >= 15 is 0 Å². The van der Waals surface area contributed by atoms with E-state index in [0.29, 0.717) is 30.8 Å². The third-order valence-electron chi connectivity index (χ3n) is 4.16. The van der Waals surface area contributed by atoms with E-state index in [0.717, 1.165) is 0 Å². The molecule has 0 N–H and O–H groups in total. The summed E-state index contributed by atoms with van der Waals surface area (Å²) in [4.78, 5) is 21.9. The van der Waals surface area contributed by atoms with E-state index in [4.69, 9.17) is 9.47 Å². The highest BCUT2D eigenvalue weighted by Crippen LogP contribution is 2.27. The van der Waals surface area contributed by atoms with E-state index in [2.05, 4.69) is 9.97 Å². The maximum Gasteiger partial charge on any atom is 0.257 e. The number of halogens is 1. The minimum absolute atomic E-state index is 0.128. The molecule has 1 fully saturated rings. The highest BCUT2D eigenvalue weighted by molar-refractivity contribution is 5.93. The van der Waals surface area contributed by atoms with Crippen molar-refractivity contribution in [2.75, 3.05) is 26.8 Å². The van der Waals surface area contributed by atoms with E-state index < -0.39 is 5.60 Å². The molecule has 1 saturated heterocycles. The first-order valence-electron chi connectivity index (χ1n) is 7.60. The van der Waals surface area contributed by atoms with Crippen LogP contribution in [0.15, 0.2) is 43.0 Å². The standard InChI is InChI=1S/C17H18FN3O3/c1-23-17(11-24-15-4-2-14(18)3-5-15)6-7-21(10-17)16(22)13-8-19-12-20-9-13/h2-5,8-9,12H,6-7,10-11H2,1H3/t17-/m0/s1. The molecule has 2 aromatic rings. The van der Waals surface area contributed by atoms with E-state index in [1.54, 1.807) is 24.1 Å². The van der Waals surface area contributed by atoms with Crippen molar-refractivity contribution in [2.45, 2.75) is 12.0 Å². The molecular weight excluding hydrogens is 313 g/mol. The predicted molar refractivity (Wildman–Crippen MR) is 84.2 cm³/mol. The van der Waals surface area contributed by atoms with Gasteiger partial charge in [-0.25, -0.2) is 14.4 Å². The van der Waals surface area contributed by atoms with Crippen molar-refractivity contribution in [3.63, 3.8) is 0 Å². The molecule has 0 aliphatic carbocycles. The lowest BCUT2D eigenvalue weighted by Crippen LogP contribution is -2.42. The van der Waals surface area contributed by atoms with E-state index in [9.17, 15) is 9.18 Å². The van der Waals surface area contributed by atoms with Crippen LogP contribution in [0.1, 0.15) is 16.8 Å². The second kappa shape index (κ2) is 6.92. The molecular formula is C17H18FN3O3. The summed E-state index contributed by atoms with van der Waals surface area (Å²) >= 11 is 0. The number of likely N-dealkylation sites (tertiary alicyclic amines) is 1. The molecule has 1 atom stereocenters. The van der Waals surface area contributed by atoms with Crippen LogP contribution in [0.3, 0.4) is 0 Å². The Morgan fingerprint density at radius 1 is 1.29 bits per heavy atom. The SMILES string of the molecule is CO[C@@]1(COc2ccc(F)cc2)CCN(C(=O)c2cncnc2)C1. The molecule has 0 saturated carbocycles. The van der Waals surface area contributed by atoms with Gasteiger partial charge in [0.2, 0.25) is 0 Å². The van der Waals surface area contributed by atoms with Crippen molar-refractivity contribution in [3.05, 3.63) is 54.4 Å². The van der Waals surface area contributed by atoms with Crippen molar-refractivity contribution >= 4 is 5.91 Å². The van der Waals surface area contributed by atoms with Gasteiger partial charge in [-0.15, -0.1) is 0 Å². The van der Waals surface area contributed by atoms with Gasteiger partial charge in [0, 0.05) is 26.0 Å². The number of nitrogens with zero attached hydrogens (tertiary/aromatic N) is 3. The maximum absolute atomic E-state index is 12.9. The Balaban J connectivity index is 1.64. The lowest BCUT2D eigenvalue weighted by molar-refractivity contribution is -0.0342. The van der Waals surface area contributed by atoms with Gasteiger partial charge in [0.25, 0.3) is 5.91 Å². The Morgan fingerprint density at radius 3 is 2.67 bits per heavy atom. The number of methoxy groups -OCH3 is 1. The quantitative estimate of drug-likeness (QED) is 0.838. The molecule has 126 valence electrons. The Bertz CT molecular complexity index is 696. The Morgan fingerprint density at radius 2 is 2.00 bits per heavy atom. The van der Waals surface area contributed by atoms with Gasteiger partial charge in [0.15, 0.2) is 0 Å². The Kier molecular flexibility index (Phi) is 4.71. The topological polar surface area (TPSA) is 64.6 Å². The van der Waals surface area contributed by atoms with Crippen LogP contribution >= 0.6 is 0 Å². The zero-order valence-corrected chi connectivity index (χ0v) is 13.3. The molecule has 0 bridgehead atoms. The van der Waals surface area contributed by atoms with Crippen LogP contribution in [0.25, 0.3) is 0 Å². The van der Waals surface area contributed by atoms with E-state index in [1.807, 2.05) is 0 Å². The lowest BCUT2D eigenvalue weighted by atomic mass is 10.0. The van der Waals surface area contributed by atoms with Crippen LogP contribution < -0.4 is 4.74 Å². The van der Waals surface area contributed by atoms with E-state index in [-0.39, 0.29) is 18.3 Å². The fraction of sp³-hybridized carbons (Fsp3) is 0.353. The molecule has 2 heterocycles. The molecule has 3 rings (SSSR count). The van der Waals surface area contributed by atoms with Crippen molar-refractivity contribution in [1.82, 2.24) is 14.9 Å². The normalized spacial score (nSPS) is 20.2. The number of hydrogen-bond donors (Lipinski definition) is 0. The minimum Gasteiger partial charge on any atom is -0.491 e. The summed E-state index contributed by atoms with van der Waals surface area (Å²) in [6.45, 7) is 1.26. The van der Waals surface area contributed by atoms with E-state index in [1.165, 1.54) is 30.9 Å². The second-order valence-electron chi connectivity index (χ2n) is 5.73. The van der Waals surface area contributed by atoms with Gasteiger partial charge in [-0.05, 0) is 30.7 Å². The van der Waals surface area contributed by atoms with Crippen molar-refractivity contribution in [1.29, 1.82) is 0 Å². The Labute approximate surface area is 139 Å². The third-order valence-corrected chi connectivity index (χ3v) is 4.16. The van der Waals surface area contributed by atoms with Crippen LogP contribution in [0.4, 0.5) is 4.39 Å². The summed E-state index contributed by atoms with van der Waals surface area (Å²) in [6, 6.07) is 5.82. The first-order valence-corrected chi connectivity index (χ1v) is 7.60. The first-order chi connectivity index (χ1) is 11.6. The van der Waals surface area contributed by atoms with Crippen molar-refractivity contribution in [2.24, 2.45) is 0 Å². The summed E-state index contributed by atoms with van der Waals surface area (Å²) in [5, 5.41) is 0. The summed E-state index contributed by atoms with van der Waals surface area (Å²) in [5.41, 5.74) is -0.136. The van der Waals surface area contributed by atoms with Crippen LogP contribution in [0, 0.1) is 5.82 Å². The molecule has 7 heteroatoms. The fourth-order valence-corrected chi connectivity index (χ4v) is 2.70. The number of carbonyl (C=O) groups is 1. The van der Waals surface area contributed by atoms with Gasteiger partial charge in [0.1, 0.15) is 30.1 Å². The maximum atomic E-state index is 12.9. The van der Waals surface area contributed by atoms with Crippen LogP contribution in [0.2, 0.25) is 0 Å². The van der Waals surface area contributed by atoms with Crippen molar-refractivity contribution < 1.29 is 18.7 Å². The number of hydrogen-bond acceptors (Lipinski definition) is 5. The molecule has 24 heavy (non-hydrogen) atoms. The molecule has 1 aliphatic heterocycles. The average molecular weight is 331 g/mol. The summed E-state index contributed by atoms with van der Waals surface area (Å²) in [5.74, 6) is 0.122. The second-order valence-corrected chi connectivity index (χ2v) is 5.73. The predicted octanol–water partition coefficient (Wildman–Crippen LogP) is 1.93. The lowest BCUT2D eigenvalue weighted by Gasteiger charge is -2.27. The smallest absolute Gasteiger partial charge is 0.257 e. The molecule has 0 radical (unpaired) electrons. The van der Waals surface area contributed by atoms with Gasteiger partial charge in [0.05, 0.1) is 12.1 Å². The number of carbonyl (C=O) groups excluding carboxylic acids is 1. The molecule has 6 nitrogen and oxygen atoms in total. The van der Waals surface area contributed by atoms with Crippen LogP contribution in [-0.2, 0) is 4.74 Å². The van der Waals surface area contributed by atoms with Crippen LogP contribution in [0.5, 0.6) is 5.75 Å². The number of amides is 1. The average Bonchev–Trinajstić information content (AvgIpc) is 3.06. The summed E-state index contributed by atoms with van der Waals surface area (Å²) in [7, 11) is 1.60. The molecule has 0 spiro atoms. The fourth-order valence-electron chi connectivity index (χ4n) is 2.70. The molecule has 0 unspecified atom stereocenters. The molecule has 1 amide bonds. The number of ether oxygens (including phenoxy) is 2. The van der Waals surface area contributed by atoms with Gasteiger partial charge >= 0.3 is 0 Å². The zero-order valence-electron chi connectivity index (χ0n) is 13.3. The van der Waals surface area contributed by atoms with Crippen molar-refractivity contribution in [3.8, 4) is 5.75 Å². The third kappa shape index (κ3) is 3.51. The largest absolute Gasteiger partial charge is 0.491 e.